The topological polar surface area (TPSA) is 61.4 Å². The lowest BCUT2D eigenvalue weighted by molar-refractivity contribution is 0.344. The fourth-order valence-electron chi connectivity index (χ4n) is 4.52. The van der Waals surface area contributed by atoms with Crippen molar-refractivity contribution in [3.8, 4) is 0 Å². The fraction of sp³-hybridized carbons (Fsp3) is 0.429. The normalized spacial score (nSPS) is 22.7. The summed E-state index contributed by atoms with van der Waals surface area (Å²) < 4.78 is 27.6. The first-order valence-electron chi connectivity index (χ1n) is 9.68. The third-order valence-corrected chi connectivity index (χ3v) is 6.80. The molecule has 1 aliphatic carbocycles. The van der Waals surface area contributed by atoms with E-state index in [9.17, 15) is 8.42 Å². The number of hydrogen-bond acceptors (Lipinski definition) is 4. The van der Waals surface area contributed by atoms with Crippen LogP contribution < -0.4 is 14.9 Å². The molecule has 2 aromatic carbocycles. The molecule has 1 saturated heterocycles. The first kappa shape index (κ1) is 19.7. The molecule has 0 amide bonds. The van der Waals surface area contributed by atoms with E-state index in [2.05, 4.69) is 33.1 Å². The highest BCUT2D eigenvalue weighted by Gasteiger charge is 2.39. The number of aryl methyl sites for hydroxylation is 1. The Morgan fingerprint density at radius 1 is 1.11 bits per heavy atom. The quantitative estimate of drug-likeness (QED) is 0.799. The lowest BCUT2D eigenvalue weighted by Gasteiger charge is -2.41. The van der Waals surface area contributed by atoms with Crippen LogP contribution in [0.2, 0.25) is 5.02 Å². The Morgan fingerprint density at radius 2 is 1.82 bits per heavy atom. The van der Waals surface area contributed by atoms with E-state index in [4.69, 9.17) is 11.6 Å². The minimum absolute atomic E-state index is 0.636. The predicted octanol–water partition coefficient (Wildman–Crippen LogP) is 2.68. The van der Waals surface area contributed by atoms with Crippen molar-refractivity contribution in [3.05, 3.63) is 64.2 Å². The van der Waals surface area contributed by atoms with E-state index < -0.39 is 15.6 Å². The van der Waals surface area contributed by atoms with Gasteiger partial charge >= 0.3 is 0 Å². The maximum Gasteiger partial charge on any atom is 0.209 e. The summed E-state index contributed by atoms with van der Waals surface area (Å²) in [5.41, 5.74) is 4.10. The summed E-state index contributed by atoms with van der Waals surface area (Å²) in [6.07, 6.45) is 3.43. The van der Waals surface area contributed by atoms with E-state index in [0.29, 0.717) is 11.4 Å². The van der Waals surface area contributed by atoms with E-state index >= 15 is 0 Å². The zero-order valence-electron chi connectivity index (χ0n) is 16.0. The van der Waals surface area contributed by atoms with Crippen LogP contribution in [0.5, 0.6) is 0 Å². The van der Waals surface area contributed by atoms with Gasteiger partial charge in [0.25, 0.3) is 0 Å². The van der Waals surface area contributed by atoms with Crippen molar-refractivity contribution in [3.63, 3.8) is 0 Å². The van der Waals surface area contributed by atoms with Crippen molar-refractivity contribution in [1.29, 1.82) is 0 Å². The van der Waals surface area contributed by atoms with Gasteiger partial charge in [-0.3, -0.25) is 0 Å². The monoisotopic (exact) mass is 419 g/mol. The van der Waals surface area contributed by atoms with Crippen LogP contribution in [-0.2, 0) is 28.4 Å². The fourth-order valence-corrected chi connectivity index (χ4v) is 5.64. The molecule has 1 aliphatic heterocycles. The molecule has 2 aliphatic rings. The number of piperazine rings is 1. The number of halogens is 1. The summed E-state index contributed by atoms with van der Waals surface area (Å²) in [6.45, 7) is 3.86. The highest BCUT2D eigenvalue weighted by Crippen LogP contribution is 2.41. The molecule has 4 rings (SSSR count). The van der Waals surface area contributed by atoms with Gasteiger partial charge in [-0.15, -0.1) is 0 Å². The van der Waals surface area contributed by atoms with Crippen LogP contribution in [0.4, 0.5) is 5.69 Å². The van der Waals surface area contributed by atoms with E-state index in [1.54, 1.807) is 0 Å². The van der Waals surface area contributed by atoms with Gasteiger partial charge in [0, 0.05) is 36.9 Å². The molecule has 150 valence electrons. The van der Waals surface area contributed by atoms with Crippen LogP contribution in [0.3, 0.4) is 0 Å². The third kappa shape index (κ3) is 4.06. The van der Waals surface area contributed by atoms with Gasteiger partial charge in [-0.2, -0.15) is 0 Å². The highest BCUT2D eigenvalue weighted by atomic mass is 35.5. The van der Waals surface area contributed by atoms with Crippen LogP contribution in [0, 0.1) is 0 Å². The molecule has 1 atom stereocenters. The molecule has 0 aromatic heterocycles. The number of benzene rings is 2. The molecular weight excluding hydrogens is 394 g/mol. The van der Waals surface area contributed by atoms with Crippen LogP contribution in [0.1, 0.15) is 23.1 Å². The molecule has 7 heteroatoms. The van der Waals surface area contributed by atoms with Gasteiger partial charge in [0.1, 0.15) is 0 Å². The van der Waals surface area contributed by atoms with Gasteiger partial charge in [0.15, 0.2) is 0 Å². The Kier molecular flexibility index (Phi) is 5.40. The van der Waals surface area contributed by atoms with Crippen molar-refractivity contribution < 1.29 is 8.42 Å². The average molecular weight is 420 g/mol. The molecule has 2 aromatic rings. The smallest absolute Gasteiger partial charge is 0.209 e. The van der Waals surface area contributed by atoms with Crippen LogP contribution in [0.25, 0.3) is 0 Å². The molecule has 2 N–H and O–H groups in total. The summed E-state index contributed by atoms with van der Waals surface area (Å²) in [5.74, 6) is 0. The number of sulfonamides is 1. The summed E-state index contributed by atoms with van der Waals surface area (Å²) >= 11 is 6.09. The molecule has 0 bridgehead atoms. The Hall–Kier alpha value is -1.60. The second kappa shape index (κ2) is 7.67. The molecule has 5 nitrogen and oxygen atoms in total. The number of rotatable bonds is 4. The van der Waals surface area contributed by atoms with Crippen LogP contribution in [-0.4, -0.2) is 40.9 Å². The van der Waals surface area contributed by atoms with Crippen molar-refractivity contribution >= 4 is 27.3 Å². The van der Waals surface area contributed by atoms with Gasteiger partial charge in [-0.1, -0.05) is 35.9 Å². The Morgan fingerprint density at radius 3 is 2.50 bits per heavy atom. The first-order valence-corrected chi connectivity index (χ1v) is 11.9. The van der Waals surface area contributed by atoms with Gasteiger partial charge in [0.05, 0.1) is 11.8 Å². The number of nitrogens with one attached hydrogen (secondary N) is 2. The number of hydrogen-bond donors (Lipinski definition) is 2. The van der Waals surface area contributed by atoms with E-state index in [1.165, 1.54) is 23.1 Å². The van der Waals surface area contributed by atoms with Gasteiger partial charge in [-0.05, 0) is 54.2 Å². The molecule has 1 fully saturated rings. The zero-order valence-corrected chi connectivity index (χ0v) is 17.6. The molecule has 0 radical (unpaired) electrons. The molecular formula is C21H26ClN3O2S. The molecule has 0 saturated carbocycles. The predicted molar refractivity (Wildman–Crippen MR) is 115 cm³/mol. The second-order valence-corrected chi connectivity index (χ2v) is 9.98. The summed E-state index contributed by atoms with van der Waals surface area (Å²) in [7, 11) is -3.39. The van der Waals surface area contributed by atoms with E-state index in [-0.39, 0.29) is 0 Å². The number of fused-ring (bicyclic) bond motifs is 1. The standard InChI is InChI=1S/C21H26ClN3O2S/c1-28(26,27)24-21(17-5-7-18(22)8-6-17)10-9-16-3-2-4-20(19(16)15-21)25-13-11-23-12-14-25/h2-8,23-24H,9-15H2,1H3/t21-/m1/s1. The van der Waals surface area contributed by atoms with Crippen molar-refractivity contribution in [1.82, 2.24) is 10.0 Å². The van der Waals surface area contributed by atoms with Gasteiger partial charge < -0.3 is 10.2 Å². The third-order valence-electron chi connectivity index (χ3n) is 5.78. The largest absolute Gasteiger partial charge is 0.369 e. The molecule has 0 unspecified atom stereocenters. The van der Waals surface area contributed by atoms with E-state index in [1.807, 2.05) is 24.3 Å². The molecule has 28 heavy (non-hydrogen) atoms. The maximum absolute atomic E-state index is 12.3. The van der Waals surface area contributed by atoms with Crippen LogP contribution in [0.15, 0.2) is 42.5 Å². The van der Waals surface area contributed by atoms with Crippen molar-refractivity contribution in [2.75, 3.05) is 37.3 Å². The Balaban J connectivity index is 1.78. The second-order valence-electron chi connectivity index (χ2n) is 7.79. The summed E-state index contributed by atoms with van der Waals surface area (Å²) in [5, 5.41) is 4.05. The van der Waals surface area contributed by atoms with Crippen molar-refractivity contribution in [2.24, 2.45) is 0 Å². The molecule has 0 spiro atoms. The van der Waals surface area contributed by atoms with Crippen molar-refractivity contribution in [2.45, 2.75) is 24.8 Å². The average Bonchev–Trinajstić information content (AvgIpc) is 2.67. The van der Waals surface area contributed by atoms with E-state index in [0.717, 1.165) is 44.6 Å². The maximum atomic E-state index is 12.3. The Labute approximate surface area is 172 Å². The Bertz CT molecular complexity index is 956. The van der Waals surface area contributed by atoms with Gasteiger partial charge in [-0.25, -0.2) is 13.1 Å². The highest BCUT2D eigenvalue weighted by molar-refractivity contribution is 7.88. The zero-order chi connectivity index (χ0) is 19.8. The SMILES string of the molecule is CS(=O)(=O)N[C@]1(c2ccc(Cl)cc2)CCc2cccc(N3CCNCC3)c2C1. The summed E-state index contributed by atoms with van der Waals surface area (Å²) in [4.78, 5) is 2.41. The minimum atomic E-state index is -3.39. The molecule has 1 heterocycles. The number of nitrogens with zero attached hydrogens (tertiary/aromatic N) is 1. The first-order chi connectivity index (χ1) is 13.4. The number of anilines is 1. The lowest BCUT2D eigenvalue weighted by Crippen LogP contribution is -2.50. The van der Waals surface area contributed by atoms with Gasteiger partial charge in [0.2, 0.25) is 10.0 Å². The minimum Gasteiger partial charge on any atom is -0.369 e. The lowest BCUT2D eigenvalue weighted by atomic mass is 9.74. The van der Waals surface area contributed by atoms with Crippen LogP contribution >= 0.6 is 11.6 Å². The summed E-state index contributed by atoms with van der Waals surface area (Å²) in [6, 6.07) is 14.0.